The molecule has 1 saturated carbocycles. The van der Waals surface area contributed by atoms with Crippen molar-refractivity contribution < 1.29 is 0 Å². The van der Waals surface area contributed by atoms with Crippen LogP contribution < -0.4 is 5.32 Å². The molecular formula is C13H18ClN3. The first kappa shape index (κ1) is 11.3. The number of aromatic nitrogens is 2. The molecule has 17 heavy (non-hydrogen) atoms. The average molecular weight is 252 g/mol. The molecule has 0 unspecified atom stereocenters. The molecule has 92 valence electrons. The van der Waals surface area contributed by atoms with Crippen LogP contribution >= 0.6 is 11.6 Å². The maximum Gasteiger partial charge on any atom is 0.133 e. The first-order valence-electron chi connectivity index (χ1n) is 6.50. The zero-order chi connectivity index (χ0) is 11.7. The third kappa shape index (κ3) is 2.01. The van der Waals surface area contributed by atoms with Crippen LogP contribution in [0, 0.1) is 0 Å². The molecule has 1 aromatic rings. The predicted molar refractivity (Wildman–Crippen MR) is 69.6 cm³/mol. The molecule has 0 atom stereocenters. The number of fused-ring (bicyclic) bond motifs is 1. The van der Waals surface area contributed by atoms with Crippen LogP contribution in [0.2, 0.25) is 0 Å². The van der Waals surface area contributed by atoms with E-state index in [2.05, 4.69) is 15.3 Å². The van der Waals surface area contributed by atoms with Gasteiger partial charge in [-0.2, -0.15) is 0 Å². The Morgan fingerprint density at radius 2 is 2.00 bits per heavy atom. The average Bonchev–Trinajstić information content (AvgIpc) is 2.98. The lowest BCUT2D eigenvalue weighted by atomic mass is 10.00. The molecule has 3 rings (SSSR count). The van der Waals surface area contributed by atoms with Gasteiger partial charge in [-0.15, -0.1) is 11.6 Å². The van der Waals surface area contributed by atoms with Crippen molar-refractivity contribution in [3.05, 3.63) is 17.6 Å². The third-order valence-electron chi connectivity index (χ3n) is 4.07. The van der Waals surface area contributed by atoms with E-state index in [0.29, 0.717) is 5.88 Å². The van der Waals surface area contributed by atoms with E-state index in [1.54, 1.807) is 6.33 Å². The molecule has 1 heterocycles. The summed E-state index contributed by atoms with van der Waals surface area (Å²) in [6.45, 7) is 0. The molecule has 2 aliphatic carbocycles. The van der Waals surface area contributed by atoms with E-state index in [-0.39, 0.29) is 5.54 Å². The number of rotatable bonds is 3. The minimum absolute atomic E-state index is 0.0757. The zero-order valence-electron chi connectivity index (χ0n) is 10.0. The molecule has 0 radical (unpaired) electrons. The molecular weight excluding hydrogens is 234 g/mol. The quantitative estimate of drug-likeness (QED) is 0.840. The van der Waals surface area contributed by atoms with Gasteiger partial charge in [0.2, 0.25) is 0 Å². The number of nitrogens with zero attached hydrogens (tertiary/aromatic N) is 2. The lowest BCUT2D eigenvalue weighted by Gasteiger charge is -2.29. The van der Waals surface area contributed by atoms with E-state index < -0.39 is 0 Å². The number of hydrogen-bond acceptors (Lipinski definition) is 3. The van der Waals surface area contributed by atoms with E-state index in [9.17, 15) is 0 Å². The summed E-state index contributed by atoms with van der Waals surface area (Å²) in [5, 5.41) is 3.62. The van der Waals surface area contributed by atoms with E-state index in [1.807, 2.05) is 0 Å². The molecule has 2 aliphatic rings. The molecule has 1 N–H and O–H groups in total. The Morgan fingerprint density at radius 1 is 1.18 bits per heavy atom. The minimum atomic E-state index is 0.0757. The molecule has 0 saturated heterocycles. The summed E-state index contributed by atoms with van der Waals surface area (Å²) < 4.78 is 0. The normalized spacial score (nSPS) is 21.5. The van der Waals surface area contributed by atoms with Crippen molar-refractivity contribution in [3.8, 4) is 0 Å². The zero-order valence-corrected chi connectivity index (χ0v) is 10.8. The van der Waals surface area contributed by atoms with Gasteiger partial charge in [-0.3, -0.25) is 0 Å². The maximum atomic E-state index is 6.16. The topological polar surface area (TPSA) is 37.8 Å². The van der Waals surface area contributed by atoms with Crippen molar-refractivity contribution >= 4 is 17.4 Å². The van der Waals surface area contributed by atoms with Crippen LogP contribution in [0.25, 0.3) is 0 Å². The van der Waals surface area contributed by atoms with Crippen molar-refractivity contribution in [2.75, 3.05) is 11.2 Å². The van der Waals surface area contributed by atoms with Crippen molar-refractivity contribution in [3.63, 3.8) is 0 Å². The lowest BCUT2D eigenvalue weighted by molar-refractivity contribution is 0.536. The van der Waals surface area contributed by atoms with Gasteiger partial charge >= 0.3 is 0 Å². The highest BCUT2D eigenvalue weighted by atomic mass is 35.5. The summed E-state index contributed by atoms with van der Waals surface area (Å²) in [6, 6.07) is 0. The van der Waals surface area contributed by atoms with E-state index >= 15 is 0 Å². The maximum absolute atomic E-state index is 6.16. The Hall–Kier alpha value is -0.830. The fourth-order valence-corrected chi connectivity index (χ4v) is 3.40. The summed E-state index contributed by atoms with van der Waals surface area (Å²) in [6.07, 6.45) is 9.96. The fraction of sp³-hybridized carbons (Fsp3) is 0.692. The highest BCUT2D eigenvalue weighted by molar-refractivity contribution is 6.18. The molecule has 0 aromatic carbocycles. The van der Waals surface area contributed by atoms with E-state index in [4.69, 9.17) is 11.6 Å². The number of halogens is 1. The first-order chi connectivity index (χ1) is 8.33. The van der Waals surface area contributed by atoms with Crippen LogP contribution in [-0.2, 0) is 12.8 Å². The van der Waals surface area contributed by atoms with Gasteiger partial charge in [0.25, 0.3) is 0 Å². The number of aryl methyl sites for hydroxylation is 1. The Morgan fingerprint density at radius 3 is 2.76 bits per heavy atom. The van der Waals surface area contributed by atoms with Crippen LogP contribution in [0.4, 0.5) is 5.82 Å². The van der Waals surface area contributed by atoms with Gasteiger partial charge in [-0.05, 0) is 32.1 Å². The second kappa shape index (κ2) is 4.45. The molecule has 1 fully saturated rings. The fourth-order valence-electron chi connectivity index (χ4n) is 3.06. The number of hydrogen-bond donors (Lipinski definition) is 1. The Kier molecular flexibility index (Phi) is 2.95. The summed E-state index contributed by atoms with van der Waals surface area (Å²) in [4.78, 5) is 8.78. The second-order valence-electron chi connectivity index (χ2n) is 5.25. The molecule has 0 aliphatic heterocycles. The second-order valence-corrected chi connectivity index (χ2v) is 5.51. The number of anilines is 1. The third-order valence-corrected chi connectivity index (χ3v) is 4.59. The highest BCUT2D eigenvalue weighted by Crippen LogP contribution is 2.35. The molecule has 1 aromatic heterocycles. The molecule has 4 heteroatoms. The van der Waals surface area contributed by atoms with Gasteiger partial charge in [0.1, 0.15) is 12.1 Å². The highest BCUT2D eigenvalue weighted by Gasteiger charge is 2.34. The molecule has 0 amide bonds. The summed E-state index contributed by atoms with van der Waals surface area (Å²) in [5.74, 6) is 1.71. The first-order valence-corrected chi connectivity index (χ1v) is 7.03. The van der Waals surface area contributed by atoms with E-state index in [1.165, 1.54) is 30.5 Å². The summed E-state index contributed by atoms with van der Waals surface area (Å²) >= 11 is 6.16. The van der Waals surface area contributed by atoms with Gasteiger partial charge in [0, 0.05) is 17.1 Å². The lowest BCUT2D eigenvalue weighted by Crippen LogP contribution is -2.37. The van der Waals surface area contributed by atoms with Crippen LogP contribution in [-0.4, -0.2) is 21.4 Å². The van der Waals surface area contributed by atoms with Crippen LogP contribution in [0.3, 0.4) is 0 Å². The SMILES string of the molecule is ClCC1(Nc2ncnc3c2CCC3)CCCC1. The largest absolute Gasteiger partial charge is 0.363 e. The van der Waals surface area contributed by atoms with Crippen molar-refractivity contribution in [2.45, 2.75) is 50.5 Å². The van der Waals surface area contributed by atoms with Crippen LogP contribution in [0.5, 0.6) is 0 Å². The van der Waals surface area contributed by atoms with E-state index in [0.717, 1.165) is 31.5 Å². The summed E-state index contributed by atoms with van der Waals surface area (Å²) in [5.41, 5.74) is 2.63. The van der Waals surface area contributed by atoms with Gasteiger partial charge < -0.3 is 5.32 Å². The standard InChI is InChI=1S/C13H18ClN3/c14-8-13(6-1-2-7-13)17-12-10-4-3-5-11(10)15-9-16-12/h9H,1-8H2,(H,15,16,17). The smallest absolute Gasteiger partial charge is 0.133 e. The molecule has 0 bridgehead atoms. The van der Waals surface area contributed by atoms with Crippen molar-refractivity contribution in [1.82, 2.24) is 9.97 Å². The predicted octanol–water partition coefficient (Wildman–Crippen LogP) is 2.93. The molecule has 0 spiro atoms. The van der Waals surface area contributed by atoms with Crippen molar-refractivity contribution in [1.29, 1.82) is 0 Å². The monoisotopic (exact) mass is 251 g/mol. The van der Waals surface area contributed by atoms with Gasteiger partial charge in [-0.1, -0.05) is 12.8 Å². The number of alkyl halides is 1. The van der Waals surface area contributed by atoms with Gasteiger partial charge in [-0.25, -0.2) is 9.97 Å². The van der Waals surface area contributed by atoms with Crippen LogP contribution in [0.15, 0.2) is 6.33 Å². The van der Waals surface area contributed by atoms with Gasteiger partial charge in [0.05, 0.1) is 5.54 Å². The van der Waals surface area contributed by atoms with Crippen molar-refractivity contribution in [2.24, 2.45) is 0 Å². The van der Waals surface area contributed by atoms with Gasteiger partial charge in [0.15, 0.2) is 0 Å². The molecule has 3 nitrogen and oxygen atoms in total. The number of nitrogens with one attached hydrogen (secondary N) is 1. The minimum Gasteiger partial charge on any atom is -0.363 e. The Labute approximate surface area is 107 Å². The summed E-state index contributed by atoms with van der Waals surface area (Å²) in [7, 11) is 0. The van der Waals surface area contributed by atoms with Crippen LogP contribution in [0.1, 0.15) is 43.4 Å². The Bertz CT molecular complexity index is 413. The Balaban J connectivity index is 1.87.